The molecular weight excluding hydrogens is 470 g/mol. The van der Waals surface area contributed by atoms with Gasteiger partial charge in [0.25, 0.3) is 0 Å². The van der Waals surface area contributed by atoms with Crippen LogP contribution in [0.3, 0.4) is 0 Å². The standard InChI is InChI=1S/C28H31N5O4/c1-28(2,3)25-19-26(33(32-25)21-7-11-22(12-8-21)36-18-17-35-4)31-27(34)30-20-5-9-23(10-6-20)37-24-13-15-29-16-14-24/h5-16,19H,17-18H2,1-4H3,(H2,30,31,34). The van der Waals surface area contributed by atoms with E-state index in [-0.39, 0.29) is 11.4 Å². The second kappa shape index (κ2) is 11.6. The molecule has 0 unspecified atom stereocenters. The predicted molar refractivity (Wildman–Crippen MR) is 143 cm³/mol. The maximum absolute atomic E-state index is 12.9. The number of nitrogens with zero attached hydrogens (tertiary/aromatic N) is 3. The summed E-state index contributed by atoms with van der Waals surface area (Å²) in [5.41, 5.74) is 2.06. The predicted octanol–water partition coefficient (Wildman–Crippen LogP) is 6.03. The topological polar surface area (TPSA) is 99.5 Å². The van der Waals surface area contributed by atoms with Crippen LogP contribution >= 0.6 is 0 Å². The first-order chi connectivity index (χ1) is 17.8. The summed E-state index contributed by atoms with van der Waals surface area (Å²) in [6.07, 6.45) is 3.33. The van der Waals surface area contributed by atoms with Gasteiger partial charge in [0.1, 0.15) is 29.7 Å². The zero-order chi connectivity index (χ0) is 26.3. The van der Waals surface area contributed by atoms with Crippen LogP contribution in [0.5, 0.6) is 17.2 Å². The molecule has 192 valence electrons. The number of aromatic nitrogens is 3. The Balaban J connectivity index is 1.46. The fourth-order valence-electron chi connectivity index (χ4n) is 3.39. The van der Waals surface area contributed by atoms with Gasteiger partial charge in [0, 0.05) is 36.7 Å². The van der Waals surface area contributed by atoms with Crippen LogP contribution in [0, 0.1) is 0 Å². The van der Waals surface area contributed by atoms with Crippen molar-refractivity contribution >= 4 is 17.5 Å². The Kier molecular flexibility index (Phi) is 8.05. The molecule has 0 atom stereocenters. The molecule has 2 N–H and O–H groups in total. The van der Waals surface area contributed by atoms with Gasteiger partial charge in [0.2, 0.25) is 0 Å². The molecule has 4 aromatic rings. The largest absolute Gasteiger partial charge is 0.491 e. The molecule has 2 heterocycles. The second-order valence-corrected chi connectivity index (χ2v) is 9.30. The SMILES string of the molecule is COCCOc1ccc(-n2nc(C(C)(C)C)cc2NC(=O)Nc2ccc(Oc3ccncc3)cc2)cc1. The average Bonchev–Trinajstić information content (AvgIpc) is 3.31. The van der Waals surface area contributed by atoms with Crippen molar-refractivity contribution in [3.8, 4) is 22.9 Å². The van der Waals surface area contributed by atoms with Crippen LogP contribution in [-0.2, 0) is 10.2 Å². The van der Waals surface area contributed by atoms with Crippen molar-refractivity contribution in [2.45, 2.75) is 26.2 Å². The van der Waals surface area contributed by atoms with Gasteiger partial charge in [-0.2, -0.15) is 5.10 Å². The molecule has 0 aliphatic heterocycles. The molecular formula is C28H31N5O4. The van der Waals surface area contributed by atoms with Crippen LogP contribution in [0.2, 0.25) is 0 Å². The number of urea groups is 1. The number of hydrogen-bond donors (Lipinski definition) is 2. The van der Waals surface area contributed by atoms with Crippen molar-refractivity contribution in [1.29, 1.82) is 0 Å². The van der Waals surface area contributed by atoms with E-state index in [4.69, 9.17) is 19.3 Å². The smallest absolute Gasteiger partial charge is 0.324 e. The Morgan fingerprint density at radius 1 is 0.865 bits per heavy atom. The fraction of sp³-hybridized carbons (Fsp3) is 0.250. The van der Waals surface area contributed by atoms with E-state index in [1.165, 1.54) is 0 Å². The molecule has 0 saturated heterocycles. The maximum Gasteiger partial charge on any atom is 0.324 e. The third-order valence-corrected chi connectivity index (χ3v) is 5.35. The Labute approximate surface area is 216 Å². The number of methoxy groups -OCH3 is 1. The minimum absolute atomic E-state index is 0.202. The number of carbonyl (C=O) groups excluding carboxylic acids is 1. The molecule has 9 heteroatoms. The van der Waals surface area contributed by atoms with E-state index < -0.39 is 0 Å². The second-order valence-electron chi connectivity index (χ2n) is 9.30. The van der Waals surface area contributed by atoms with E-state index in [0.717, 1.165) is 17.1 Å². The van der Waals surface area contributed by atoms with Gasteiger partial charge in [0.05, 0.1) is 18.0 Å². The molecule has 0 aliphatic carbocycles. The third-order valence-electron chi connectivity index (χ3n) is 5.35. The molecule has 4 rings (SSSR count). The van der Waals surface area contributed by atoms with Crippen molar-refractivity contribution in [3.05, 3.63) is 84.8 Å². The quantitative estimate of drug-likeness (QED) is 0.272. The number of hydrogen-bond acceptors (Lipinski definition) is 6. The number of anilines is 2. The van der Waals surface area contributed by atoms with Crippen LogP contribution in [0.4, 0.5) is 16.3 Å². The number of benzene rings is 2. The zero-order valence-corrected chi connectivity index (χ0v) is 21.4. The van der Waals surface area contributed by atoms with Crippen molar-refractivity contribution in [3.63, 3.8) is 0 Å². The number of rotatable bonds is 9. The molecule has 37 heavy (non-hydrogen) atoms. The highest BCUT2D eigenvalue weighted by Crippen LogP contribution is 2.28. The summed E-state index contributed by atoms with van der Waals surface area (Å²) in [6, 6.07) is 19.7. The summed E-state index contributed by atoms with van der Waals surface area (Å²) in [5.74, 6) is 2.62. The first-order valence-corrected chi connectivity index (χ1v) is 11.9. The van der Waals surface area contributed by atoms with E-state index in [1.54, 1.807) is 60.6 Å². The van der Waals surface area contributed by atoms with Gasteiger partial charge in [-0.1, -0.05) is 20.8 Å². The Hall–Kier alpha value is -4.37. The minimum atomic E-state index is -0.385. The summed E-state index contributed by atoms with van der Waals surface area (Å²) in [7, 11) is 1.63. The van der Waals surface area contributed by atoms with Crippen LogP contribution in [0.25, 0.3) is 5.69 Å². The van der Waals surface area contributed by atoms with Crippen LogP contribution in [0.15, 0.2) is 79.1 Å². The third kappa shape index (κ3) is 7.08. The normalized spacial score (nSPS) is 11.1. The number of amides is 2. The van der Waals surface area contributed by atoms with Gasteiger partial charge >= 0.3 is 6.03 Å². The molecule has 0 radical (unpaired) electrons. The molecule has 0 spiro atoms. The maximum atomic E-state index is 12.9. The van der Waals surface area contributed by atoms with Crippen LogP contribution < -0.4 is 20.1 Å². The molecule has 9 nitrogen and oxygen atoms in total. The van der Waals surface area contributed by atoms with E-state index >= 15 is 0 Å². The average molecular weight is 502 g/mol. The summed E-state index contributed by atoms with van der Waals surface area (Å²) < 4.78 is 18.2. The molecule has 0 aliphatic rings. The highest BCUT2D eigenvalue weighted by atomic mass is 16.5. The Bertz CT molecular complexity index is 1300. The number of pyridine rings is 1. The van der Waals surface area contributed by atoms with Gasteiger partial charge in [-0.25, -0.2) is 9.48 Å². The summed E-state index contributed by atoms with van der Waals surface area (Å²) in [4.78, 5) is 16.8. The van der Waals surface area contributed by atoms with Gasteiger partial charge in [0.15, 0.2) is 0 Å². The van der Waals surface area contributed by atoms with Gasteiger partial charge < -0.3 is 19.5 Å². The molecule has 2 amide bonds. The van der Waals surface area contributed by atoms with E-state index in [0.29, 0.717) is 36.2 Å². The minimum Gasteiger partial charge on any atom is -0.491 e. The van der Waals surface area contributed by atoms with Crippen molar-refractivity contribution in [2.75, 3.05) is 31.0 Å². The number of carbonyl (C=O) groups is 1. The molecule has 2 aromatic carbocycles. The lowest BCUT2D eigenvalue weighted by molar-refractivity contribution is 0.146. The summed E-state index contributed by atoms with van der Waals surface area (Å²) >= 11 is 0. The summed E-state index contributed by atoms with van der Waals surface area (Å²) in [5, 5.41) is 10.5. The first-order valence-electron chi connectivity index (χ1n) is 11.9. The van der Waals surface area contributed by atoms with Crippen LogP contribution in [-0.4, -0.2) is 41.1 Å². The Morgan fingerprint density at radius 3 is 2.16 bits per heavy atom. The monoisotopic (exact) mass is 501 g/mol. The lowest BCUT2D eigenvalue weighted by atomic mass is 9.92. The lowest BCUT2D eigenvalue weighted by Gasteiger charge is -2.14. The zero-order valence-electron chi connectivity index (χ0n) is 21.4. The lowest BCUT2D eigenvalue weighted by Crippen LogP contribution is -2.21. The van der Waals surface area contributed by atoms with Crippen molar-refractivity contribution < 1.29 is 19.0 Å². The number of nitrogens with one attached hydrogen (secondary N) is 2. The molecule has 0 fully saturated rings. The van der Waals surface area contributed by atoms with Gasteiger partial charge in [-0.05, 0) is 60.7 Å². The van der Waals surface area contributed by atoms with Crippen LogP contribution in [0.1, 0.15) is 26.5 Å². The highest BCUT2D eigenvalue weighted by molar-refractivity contribution is 5.99. The summed E-state index contributed by atoms with van der Waals surface area (Å²) in [6.45, 7) is 7.21. The molecule has 0 saturated carbocycles. The van der Waals surface area contributed by atoms with E-state index in [9.17, 15) is 4.79 Å². The van der Waals surface area contributed by atoms with Crippen molar-refractivity contribution in [1.82, 2.24) is 14.8 Å². The first kappa shape index (κ1) is 25.7. The van der Waals surface area contributed by atoms with Crippen molar-refractivity contribution in [2.24, 2.45) is 0 Å². The van der Waals surface area contributed by atoms with Gasteiger partial charge in [-0.3, -0.25) is 10.3 Å². The molecule has 0 bridgehead atoms. The number of ether oxygens (including phenoxy) is 3. The highest BCUT2D eigenvalue weighted by Gasteiger charge is 2.21. The fourth-order valence-corrected chi connectivity index (χ4v) is 3.39. The molecule has 2 aromatic heterocycles. The van der Waals surface area contributed by atoms with E-state index in [2.05, 4.69) is 36.4 Å². The van der Waals surface area contributed by atoms with E-state index in [1.807, 2.05) is 30.3 Å². The Morgan fingerprint density at radius 2 is 1.51 bits per heavy atom. The van der Waals surface area contributed by atoms with Gasteiger partial charge in [-0.15, -0.1) is 0 Å².